The Morgan fingerprint density at radius 2 is 2.10 bits per heavy atom. The van der Waals surface area contributed by atoms with Gasteiger partial charge >= 0.3 is 11.6 Å². The number of aryl methyl sites for hydroxylation is 1. The van der Waals surface area contributed by atoms with Gasteiger partial charge in [-0.3, -0.25) is 10.1 Å². The first-order valence-corrected chi connectivity index (χ1v) is 5.88. The lowest BCUT2D eigenvalue weighted by molar-refractivity contribution is -0.386. The van der Waals surface area contributed by atoms with Crippen LogP contribution in [0.25, 0.3) is 0 Å². The van der Waals surface area contributed by atoms with E-state index in [1.807, 2.05) is 6.92 Å². The maximum absolute atomic E-state index is 10.9. The van der Waals surface area contributed by atoms with Crippen molar-refractivity contribution in [1.29, 1.82) is 0 Å². The number of benzene rings is 1. The fraction of sp³-hybridized carbons (Fsp3) is 0.167. The Balaban J connectivity index is 2.44. The SMILES string of the molecule is COc1cc(C)ccc1Oc1nc(Cl)ncc1[N+](=O)[O-]. The van der Waals surface area contributed by atoms with E-state index in [1.54, 1.807) is 18.2 Å². The Kier molecular flexibility index (Phi) is 3.99. The molecule has 0 spiro atoms. The van der Waals surface area contributed by atoms with Gasteiger partial charge in [-0.2, -0.15) is 4.98 Å². The van der Waals surface area contributed by atoms with Crippen LogP contribution >= 0.6 is 11.6 Å². The van der Waals surface area contributed by atoms with Crippen molar-refractivity contribution in [3.63, 3.8) is 0 Å². The molecule has 104 valence electrons. The zero-order valence-corrected chi connectivity index (χ0v) is 11.4. The largest absolute Gasteiger partial charge is 0.493 e. The van der Waals surface area contributed by atoms with Gasteiger partial charge in [0.05, 0.1) is 12.0 Å². The van der Waals surface area contributed by atoms with Crippen LogP contribution in [0.3, 0.4) is 0 Å². The van der Waals surface area contributed by atoms with Crippen LogP contribution in [0.2, 0.25) is 5.28 Å². The number of nitrogens with zero attached hydrogens (tertiary/aromatic N) is 3. The molecule has 0 atom stereocenters. The second-order valence-corrected chi connectivity index (χ2v) is 4.18. The molecule has 1 heterocycles. The molecule has 1 aromatic heterocycles. The summed E-state index contributed by atoms with van der Waals surface area (Å²) in [5, 5.41) is 10.8. The summed E-state index contributed by atoms with van der Waals surface area (Å²) in [5.74, 6) is 0.502. The van der Waals surface area contributed by atoms with E-state index < -0.39 is 4.92 Å². The van der Waals surface area contributed by atoms with E-state index in [-0.39, 0.29) is 16.9 Å². The smallest absolute Gasteiger partial charge is 0.349 e. The molecule has 2 rings (SSSR count). The van der Waals surface area contributed by atoms with Crippen LogP contribution < -0.4 is 9.47 Å². The van der Waals surface area contributed by atoms with Crippen molar-refractivity contribution in [2.45, 2.75) is 6.92 Å². The van der Waals surface area contributed by atoms with Crippen molar-refractivity contribution in [3.05, 3.63) is 45.4 Å². The molecule has 0 N–H and O–H groups in total. The average molecular weight is 296 g/mol. The molecule has 1 aromatic carbocycles. The highest BCUT2D eigenvalue weighted by atomic mass is 35.5. The number of rotatable bonds is 4. The van der Waals surface area contributed by atoms with Gasteiger partial charge in [0.25, 0.3) is 0 Å². The second kappa shape index (κ2) is 5.70. The fourth-order valence-electron chi connectivity index (χ4n) is 1.50. The van der Waals surface area contributed by atoms with Crippen molar-refractivity contribution in [2.75, 3.05) is 7.11 Å². The van der Waals surface area contributed by atoms with E-state index in [0.717, 1.165) is 11.8 Å². The summed E-state index contributed by atoms with van der Waals surface area (Å²) in [6.07, 6.45) is 0.991. The molecule has 0 bridgehead atoms. The van der Waals surface area contributed by atoms with Crippen LogP contribution in [0.15, 0.2) is 24.4 Å². The Bertz CT molecular complexity index is 663. The molecule has 0 aliphatic heterocycles. The maximum Gasteiger partial charge on any atom is 0.349 e. The number of ether oxygens (including phenoxy) is 2. The monoisotopic (exact) mass is 295 g/mol. The molecular formula is C12H10ClN3O4. The van der Waals surface area contributed by atoms with Gasteiger partial charge in [0.1, 0.15) is 6.20 Å². The highest BCUT2D eigenvalue weighted by molar-refractivity contribution is 6.28. The number of hydrogen-bond donors (Lipinski definition) is 0. The lowest BCUT2D eigenvalue weighted by atomic mass is 10.2. The summed E-state index contributed by atoms with van der Waals surface area (Å²) >= 11 is 5.63. The minimum absolute atomic E-state index is 0.142. The minimum Gasteiger partial charge on any atom is -0.493 e. The summed E-state index contributed by atoms with van der Waals surface area (Å²) < 4.78 is 10.6. The van der Waals surface area contributed by atoms with Gasteiger partial charge < -0.3 is 9.47 Å². The number of nitro groups is 1. The maximum atomic E-state index is 10.9. The third-order valence-corrected chi connectivity index (χ3v) is 2.61. The summed E-state index contributed by atoms with van der Waals surface area (Å²) in [7, 11) is 1.48. The standard InChI is InChI=1S/C12H10ClN3O4/c1-7-3-4-9(10(5-7)19-2)20-11-8(16(17)18)6-14-12(13)15-11/h3-6H,1-2H3. The summed E-state index contributed by atoms with van der Waals surface area (Å²) in [5.41, 5.74) is 0.585. The van der Waals surface area contributed by atoms with Crippen LogP contribution in [0.1, 0.15) is 5.56 Å². The zero-order chi connectivity index (χ0) is 14.7. The first-order chi connectivity index (χ1) is 9.51. The van der Waals surface area contributed by atoms with Gasteiger partial charge in [-0.25, -0.2) is 4.98 Å². The van der Waals surface area contributed by atoms with Crippen molar-refractivity contribution in [3.8, 4) is 17.4 Å². The molecule has 7 nitrogen and oxygen atoms in total. The molecule has 2 aromatic rings. The van der Waals surface area contributed by atoms with Crippen molar-refractivity contribution in [2.24, 2.45) is 0 Å². The quantitative estimate of drug-likeness (QED) is 0.489. The number of methoxy groups -OCH3 is 1. The molecule has 0 aliphatic rings. The average Bonchev–Trinajstić information content (AvgIpc) is 2.40. The molecule has 0 saturated heterocycles. The summed E-state index contributed by atoms with van der Waals surface area (Å²) in [6.45, 7) is 1.89. The molecule has 8 heteroatoms. The van der Waals surface area contributed by atoms with Crippen LogP contribution in [-0.2, 0) is 0 Å². The van der Waals surface area contributed by atoms with E-state index >= 15 is 0 Å². The Morgan fingerprint density at radius 1 is 1.35 bits per heavy atom. The van der Waals surface area contributed by atoms with Gasteiger partial charge in [-0.1, -0.05) is 6.07 Å². The molecule has 0 fully saturated rings. The third-order valence-electron chi connectivity index (χ3n) is 2.43. The van der Waals surface area contributed by atoms with Gasteiger partial charge in [0, 0.05) is 0 Å². The third kappa shape index (κ3) is 2.94. The van der Waals surface area contributed by atoms with Crippen LogP contribution in [0.5, 0.6) is 17.4 Å². The Morgan fingerprint density at radius 3 is 2.75 bits per heavy atom. The first kappa shape index (κ1) is 14.0. The summed E-state index contributed by atoms with van der Waals surface area (Å²) in [6, 6.07) is 5.16. The molecular weight excluding hydrogens is 286 g/mol. The lowest BCUT2D eigenvalue weighted by Gasteiger charge is -2.10. The van der Waals surface area contributed by atoms with Gasteiger partial charge in [-0.15, -0.1) is 0 Å². The first-order valence-electron chi connectivity index (χ1n) is 5.50. The van der Waals surface area contributed by atoms with E-state index in [0.29, 0.717) is 11.5 Å². The van der Waals surface area contributed by atoms with E-state index in [1.165, 1.54) is 7.11 Å². The highest BCUT2D eigenvalue weighted by Crippen LogP contribution is 2.35. The van der Waals surface area contributed by atoms with Gasteiger partial charge in [0.15, 0.2) is 11.5 Å². The van der Waals surface area contributed by atoms with E-state index in [2.05, 4.69) is 9.97 Å². The molecule has 0 aliphatic carbocycles. The lowest BCUT2D eigenvalue weighted by Crippen LogP contribution is -1.99. The number of hydrogen-bond acceptors (Lipinski definition) is 6. The summed E-state index contributed by atoms with van der Waals surface area (Å²) in [4.78, 5) is 17.5. The highest BCUT2D eigenvalue weighted by Gasteiger charge is 2.20. The Labute approximate surface area is 119 Å². The minimum atomic E-state index is -0.646. The normalized spacial score (nSPS) is 10.2. The topological polar surface area (TPSA) is 87.4 Å². The number of aromatic nitrogens is 2. The predicted octanol–water partition coefficient (Wildman–Crippen LogP) is 3.15. The van der Waals surface area contributed by atoms with Crippen LogP contribution in [0.4, 0.5) is 5.69 Å². The second-order valence-electron chi connectivity index (χ2n) is 3.84. The zero-order valence-electron chi connectivity index (χ0n) is 10.7. The molecule has 20 heavy (non-hydrogen) atoms. The van der Waals surface area contributed by atoms with Crippen molar-refractivity contribution >= 4 is 17.3 Å². The van der Waals surface area contributed by atoms with Crippen molar-refractivity contribution in [1.82, 2.24) is 9.97 Å². The van der Waals surface area contributed by atoms with E-state index in [9.17, 15) is 10.1 Å². The number of halogens is 1. The molecule has 0 saturated carbocycles. The predicted molar refractivity (Wildman–Crippen MR) is 71.5 cm³/mol. The molecule has 0 amide bonds. The van der Waals surface area contributed by atoms with Gasteiger partial charge in [-0.05, 0) is 36.2 Å². The Hall–Kier alpha value is -2.41. The van der Waals surface area contributed by atoms with Crippen LogP contribution in [-0.4, -0.2) is 22.0 Å². The fourth-order valence-corrected chi connectivity index (χ4v) is 1.63. The van der Waals surface area contributed by atoms with E-state index in [4.69, 9.17) is 21.1 Å². The van der Waals surface area contributed by atoms with Gasteiger partial charge in [0.2, 0.25) is 5.28 Å². The van der Waals surface area contributed by atoms with Crippen molar-refractivity contribution < 1.29 is 14.4 Å². The molecule has 0 unspecified atom stereocenters. The molecule has 0 radical (unpaired) electrons. The van der Waals surface area contributed by atoms with Crippen LogP contribution in [0, 0.1) is 17.0 Å².